The summed E-state index contributed by atoms with van der Waals surface area (Å²) in [5.74, 6) is -2.64. The minimum atomic E-state index is -1.72. The number of allylic oxidation sites excluding steroid dienone is 1. The Hall–Kier alpha value is -6.36. The highest BCUT2D eigenvalue weighted by molar-refractivity contribution is 7.21. The van der Waals surface area contributed by atoms with Crippen LogP contribution in [0.4, 0.5) is 4.79 Å². The molecule has 2 fully saturated rings. The fourth-order valence-corrected chi connectivity index (χ4v) is 9.15. The van der Waals surface area contributed by atoms with E-state index in [4.69, 9.17) is 29.2 Å². The number of nitrogens with one attached hydrogen (secondary N) is 1. The molecule has 3 aromatic heterocycles. The van der Waals surface area contributed by atoms with Crippen LogP contribution in [0.2, 0.25) is 0 Å². The number of ether oxygens (including phenoxy) is 3. The predicted molar refractivity (Wildman–Crippen MR) is 233 cm³/mol. The zero-order valence-corrected chi connectivity index (χ0v) is 36.7. The topological polar surface area (TPSA) is 196 Å². The molecule has 1 saturated heterocycles. The third-order valence-electron chi connectivity index (χ3n) is 11.3. The normalized spacial score (nSPS) is 23.6. The minimum absolute atomic E-state index is 0.00844. The number of rotatable bonds is 7. The van der Waals surface area contributed by atoms with Gasteiger partial charge >= 0.3 is 12.1 Å². The molecule has 16 nitrogen and oxygen atoms in total. The lowest BCUT2D eigenvalue weighted by atomic mass is 10.0. The lowest BCUT2D eigenvalue weighted by Crippen LogP contribution is -2.60. The van der Waals surface area contributed by atoms with Crippen LogP contribution in [0, 0.1) is 12.8 Å². The Morgan fingerprint density at radius 1 is 0.921 bits per heavy atom. The van der Waals surface area contributed by atoms with Gasteiger partial charge in [-0.05, 0) is 84.6 Å². The standard InChI is InChI=1S/C46H50N8O8S/c1-6-60-43(58)46-23-29(46)16-10-8-7-9-11-20-34(50-38(55)28-24-47-27(2)48-25-28)41(56)53-26-30(22-35(53)42(57)54(46)44(59)62-45(3,4)5)61-39-37(49-31-17-12-13-18-32(31)51-39)40-52-33-19-14-15-21-36(33)63-40/h10,12-19,21,24-25,29-30,34-35H,6-9,11,20,22-23,26H2,1-5H3,(H,50,55)/b16-10+/t29-,30-,34+,35?,46-/m1/s1. The van der Waals surface area contributed by atoms with Crippen LogP contribution in [0.5, 0.6) is 5.88 Å². The van der Waals surface area contributed by atoms with Crippen LogP contribution in [-0.2, 0) is 23.9 Å². The molecule has 328 valence electrons. The van der Waals surface area contributed by atoms with E-state index in [1.807, 2.05) is 60.7 Å². The average Bonchev–Trinajstić information content (AvgIpc) is 3.56. The second-order valence-corrected chi connectivity index (χ2v) is 18.1. The van der Waals surface area contributed by atoms with Gasteiger partial charge in [-0.3, -0.25) is 14.4 Å². The minimum Gasteiger partial charge on any atom is -0.471 e. The molecule has 5 atom stereocenters. The third kappa shape index (κ3) is 9.10. The van der Waals surface area contributed by atoms with Crippen LogP contribution >= 0.6 is 11.3 Å². The molecule has 0 radical (unpaired) electrons. The van der Waals surface area contributed by atoms with Crippen molar-refractivity contribution in [3.8, 4) is 16.6 Å². The molecule has 2 aliphatic heterocycles. The predicted octanol–water partition coefficient (Wildman–Crippen LogP) is 6.76. The van der Waals surface area contributed by atoms with Gasteiger partial charge < -0.3 is 24.4 Å². The lowest BCUT2D eigenvalue weighted by Gasteiger charge is -2.35. The smallest absolute Gasteiger partial charge is 0.418 e. The van der Waals surface area contributed by atoms with E-state index in [1.54, 1.807) is 34.6 Å². The number of fused-ring (bicyclic) bond motifs is 4. The first kappa shape index (κ1) is 43.3. The molecule has 0 spiro atoms. The van der Waals surface area contributed by atoms with Crippen molar-refractivity contribution in [3.63, 3.8) is 0 Å². The number of esters is 1. The Morgan fingerprint density at radius 3 is 2.35 bits per heavy atom. The summed E-state index contributed by atoms with van der Waals surface area (Å²) in [5.41, 5.74) is -0.282. The third-order valence-corrected chi connectivity index (χ3v) is 12.4. The van der Waals surface area contributed by atoms with E-state index in [2.05, 4.69) is 15.3 Å². The summed E-state index contributed by atoms with van der Waals surface area (Å²) < 4.78 is 19.1. The van der Waals surface area contributed by atoms with Crippen LogP contribution in [0.15, 0.2) is 73.1 Å². The van der Waals surface area contributed by atoms with Crippen LogP contribution in [-0.4, -0.2) is 107 Å². The molecular formula is C46H50N8O8S. The maximum absolute atomic E-state index is 15.4. The van der Waals surface area contributed by atoms with Crippen molar-refractivity contribution in [1.82, 2.24) is 40.0 Å². The monoisotopic (exact) mass is 874 g/mol. The Bertz CT molecular complexity index is 2560. The van der Waals surface area contributed by atoms with Crippen molar-refractivity contribution in [1.29, 1.82) is 0 Å². The van der Waals surface area contributed by atoms with Gasteiger partial charge in [-0.15, -0.1) is 11.3 Å². The van der Waals surface area contributed by atoms with Crippen LogP contribution in [0.3, 0.4) is 0 Å². The average molecular weight is 875 g/mol. The van der Waals surface area contributed by atoms with Crippen molar-refractivity contribution in [2.45, 2.75) is 109 Å². The number of thiazole rings is 1. The summed E-state index contributed by atoms with van der Waals surface area (Å²) in [4.78, 5) is 97.9. The van der Waals surface area contributed by atoms with E-state index in [0.717, 1.165) is 28.0 Å². The largest absolute Gasteiger partial charge is 0.471 e. The van der Waals surface area contributed by atoms with E-state index in [-0.39, 0.29) is 43.9 Å². The molecule has 8 rings (SSSR count). The zero-order chi connectivity index (χ0) is 44.5. The number of imide groups is 1. The number of aromatic nitrogens is 5. The highest BCUT2D eigenvalue weighted by Gasteiger charge is 2.69. The second-order valence-electron chi connectivity index (χ2n) is 17.1. The highest BCUT2D eigenvalue weighted by Crippen LogP contribution is 2.52. The molecule has 3 aliphatic rings. The van der Waals surface area contributed by atoms with Gasteiger partial charge in [0.15, 0.2) is 11.2 Å². The van der Waals surface area contributed by atoms with Gasteiger partial charge in [-0.25, -0.2) is 39.4 Å². The molecule has 1 aliphatic carbocycles. The van der Waals surface area contributed by atoms with Gasteiger partial charge in [0.05, 0.1) is 40.0 Å². The number of para-hydroxylation sites is 3. The first-order chi connectivity index (χ1) is 30.3. The molecule has 0 bridgehead atoms. The fourth-order valence-electron chi connectivity index (χ4n) is 8.20. The fraction of sp³-hybridized carbons (Fsp3) is 0.435. The van der Waals surface area contributed by atoms with Crippen molar-refractivity contribution in [2.75, 3.05) is 13.2 Å². The number of benzene rings is 2. The van der Waals surface area contributed by atoms with Crippen molar-refractivity contribution in [3.05, 3.63) is 84.5 Å². The zero-order valence-electron chi connectivity index (χ0n) is 35.9. The van der Waals surface area contributed by atoms with Crippen LogP contribution < -0.4 is 10.1 Å². The number of hydrogen-bond donors (Lipinski definition) is 1. The van der Waals surface area contributed by atoms with Gasteiger partial charge in [0.1, 0.15) is 34.6 Å². The summed E-state index contributed by atoms with van der Waals surface area (Å²) in [6, 6.07) is 12.6. The number of nitrogens with zero attached hydrogens (tertiary/aromatic N) is 7. The van der Waals surface area contributed by atoms with E-state index < -0.39 is 65.0 Å². The molecule has 2 aromatic carbocycles. The van der Waals surface area contributed by atoms with Gasteiger partial charge in [0, 0.05) is 24.7 Å². The first-order valence-electron chi connectivity index (χ1n) is 21.4. The summed E-state index contributed by atoms with van der Waals surface area (Å²) in [6.45, 7) is 8.22. The lowest BCUT2D eigenvalue weighted by molar-refractivity contribution is -0.159. The van der Waals surface area contributed by atoms with E-state index >= 15 is 9.59 Å². The summed E-state index contributed by atoms with van der Waals surface area (Å²) >= 11 is 1.43. The molecule has 17 heteroatoms. The Balaban J connectivity index is 1.22. The molecule has 1 saturated carbocycles. The molecule has 1 unspecified atom stereocenters. The number of hydrogen-bond acceptors (Lipinski definition) is 14. The highest BCUT2D eigenvalue weighted by atomic mass is 32.1. The first-order valence-corrected chi connectivity index (χ1v) is 22.2. The Morgan fingerprint density at radius 2 is 1.63 bits per heavy atom. The van der Waals surface area contributed by atoms with Crippen molar-refractivity contribution in [2.24, 2.45) is 5.92 Å². The van der Waals surface area contributed by atoms with Gasteiger partial charge in [-0.2, -0.15) is 0 Å². The number of amides is 4. The molecule has 5 aromatic rings. The molecule has 4 amide bonds. The van der Waals surface area contributed by atoms with Gasteiger partial charge in [-0.1, -0.05) is 49.3 Å². The Kier molecular flexibility index (Phi) is 12.2. The Labute approximate surface area is 368 Å². The SMILES string of the molecule is CCOC(=O)[C@@]12C[C@H]1/C=C/CCCCC[C@H](NC(=O)c1cnc(C)nc1)C(=O)N1C[C@H](Oc3nc4ccccc4nc3-c3nc4ccccc4s3)CC1C(=O)N2C(=O)OC(C)(C)C. The van der Waals surface area contributed by atoms with E-state index in [1.165, 1.54) is 28.6 Å². The summed E-state index contributed by atoms with van der Waals surface area (Å²) in [6.07, 6.45) is 7.67. The quantitative estimate of drug-likeness (QED) is 0.133. The molecule has 5 heterocycles. The van der Waals surface area contributed by atoms with Gasteiger partial charge in [0.25, 0.3) is 11.8 Å². The second kappa shape index (κ2) is 17.8. The van der Waals surface area contributed by atoms with Gasteiger partial charge in [0.2, 0.25) is 11.8 Å². The number of carbonyl (C=O) groups excluding carboxylic acids is 5. The summed E-state index contributed by atoms with van der Waals surface area (Å²) in [7, 11) is 0. The summed E-state index contributed by atoms with van der Waals surface area (Å²) in [5, 5.41) is 3.45. The maximum Gasteiger partial charge on any atom is 0.418 e. The van der Waals surface area contributed by atoms with Crippen molar-refractivity contribution < 1.29 is 38.2 Å². The van der Waals surface area contributed by atoms with E-state index in [0.29, 0.717) is 40.4 Å². The number of aryl methyl sites for hydroxylation is 1. The number of carbonyl (C=O) groups is 5. The molecular weight excluding hydrogens is 825 g/mol. The molecule has 1 N–H and O–H groups in total. The molecule has 63 heavy (non-hydrogen) atoms. The maximum atomic E-state index is 15.4. The van der Waals surface area contributed by atoms with Crippen LogP contribution in [0.1, 0.15) is 88.8 Å². The van der Waals surface area contributed by atoms with Crippen LogP contribution in [0.25, 0.3) is 32.0 Å². The van der Waals surface area contributed by atoms with Crippen molar-refractivity contribution >= 4 is 62.4 Å². The van der Waals surface area contributed by atoms with E-state index in [9.17, 15) is 14.4 Å².